The van der Waals surface area contributed by atoms with Gasteiger partial charge in [0.1, 0.15) is 5.82 Å². The van der Waals surface area contributed by atoms with E-state index in [9.17, 15) is 9.18 Å². The molecule has 1 amide bonds. The van der Waals surface area contributed by atoms with Crippen LogP contribution >= 0.6 is 11.3 Å². The fraction of sp³-hybridized carbons (Fsp3) is 0.391. The molecule has 0 saturated carbocycles. The molecule has 1 aliphatic heterocycles. The van der Waals surface area contributed by atoms with E-state index in [0.717, 1.165) is 49.5 Å². The second-order valence-electron chi connectivity index (χ2n) is 7.67. The van der Waals surface area contributed by atoms with Crippen molar-refractivity contribution in [3.63, 3.8) is 0 Å². The number of ether oxygens (including phenoxy) is 1. The van der Waals surface area contributed by atoms with Gasteiger partial charge in [-0.1, -0.05) is 11.3 Å². The number of rotatable bonds is 6. The zero-order chi connectivity index (χ0) is 21.1. The molecule has 158 valence electrons. The summed E-state index contributed by atoms with van der Waals surface area (Å²) in [4.78, 5) is 22.1. The maximum Gasteiger partial charge on any atom is 0.260 e. The van der Waals surface area contributed by atoms with Crippen molar-refractivity contribution in [2.24, 2.45) is 0 Å². The minimum atomic E-state index is -0.351. The molecule has 1 fully saturated rings. The van der Waals surface area contributed by atoms with Crippen molar-refractivity contribution in [1.82, 2.24) is 9.88 Å². The molecule has 0 N–H and O–H groups in total. The highest BCUT2D eigenvalue weighted by Crippen LogP contribution is 2.31. The molecule has 30 heavy (non-hydrogen) atoms. The Bertz CT molecular complexity index is 990. The van der Waals surface area contributed by atoms with Gasteiger partial charge in [0.15, 0.2) is 5.13 Å². The fourth-order valence-electron chi connectivity index (χ4n) is 3.59. The molecule has 0 spiro atoms. The SMILES string of the molecule is Cc1cc2nc(N(CCCN3CCOCC3)C(=O)c3ccc(F)cc3)sc2cc1C. The molecule has 1 saturated heterocycles. The number of morpholine rings is 1. The number of carbonyl (C=O) groups is 1. The van der Waals surface area contributed by atoms with Gasteiger partial charge in [-0.25, -0.2) is 9.37 Å². The smallest absolute Gasteiger partial charge is 0.260 e. The number of hydrogen-bond donors (Lipinski definition) is 0. The van der Waals surface area contributed by atoms with Gasteiger partial charge in [-0.2, -0.15) is 0 Å². The van der Waals surface area contributed by atoms with Gasteiger partial charge in [-0.3, -0.25) is 14.6 Å². The quantitative estimate of drug-likeness (QED) is 0.584. The fourth-order valence-corrected chi connectivity index (χ4v) is 4.66. The molecule has 1 aliphatic rings. The third-order valence-corrected chi connectivity index (χ3v) is 6.56. The van der Waals surface area contributed by atoms with Gasteiger partial charge in [0.05, 0.1) is 23.4 Å². The summed E-state index contributed by atoms with van der Waals surface area (Å²) in [6.07, 6.45) is 0.834. The van der Waals surface area contributed by atoms with Crippen molar-refractivity contribution in [3.05, 3.63) is 58.9 Å². The number of thiazole rings is 1. The van der Waals surface area contributed by atoms with Crippen molar-refractivity contribution >= 4 is 32.6 Å². The summed E-state index contributed by atoms with van der Waals surface area (Å²) in [6.45, 7) is 8.97. The van der Waals surface area contributed by atoms with Crippen LogP contribution in [0.25, 0.3) is 10.2 Å². The van der Waals surface area contributed by atoms with E-state index in [1.807, 2.05) is 0 Å². The lowest BCUT2D eigenvalue weighted by Gasteiger charge is -2.27. The molecule has 0 bridgehead atoms. The molecule has 7 heteroatoms. The standard InChI is InChI=1S/C23H26FN3O2S/c1-16-14-20-21(15-17(16)2)30-23(25-20)27(9-3-8-26-10-12-29-13-11-26)22(28)18-4-6-19(24)7-5-18/h4-7,14-15H,3,8-13H2,1-2H3. The number of benzene rings is 2. The van der Waals surface area contributed by atoms with Crippen LogP contribution in [0.4, 0.5) is 9.52 Å². The van der Waals surface area contributed by atoms with Crippen LogP contribution in [-0.2, 0) is 4.74 Å². The van der Waals surface area contributed by atoms with Crippen LogP contribution in [0.2, 0.25) is 0 Å². The molecule has 2 heterocycles. The van der Waals surface area contributed by atoms with Crippen LogP contribution < -0.4 is 4.90 Å². The molecule has 0 radical (unpaired) electrons. The summed E-state index contributed by atoms with van der Waals surface area (Å²) in [5.74, 6) is -0.499. The van der Waals surface area contributed by atoms with Crippen molar-refractivity contribution in [1.29, 1.82) is 0 Å². The highest BCUT2D eigenvalue weighted by molar-refractivity contribution is 7.22. The Morgan fingerprint density at radius 2 is 1.87 bits per heavy atom. The number of aryl methyl sites for hydroxylation is 2. The van der Waals surface area contributed by atoms with Gasteiger partial charge < -0.3 is 4.74 Å². The third kappa shape index (κ3) is 4.69. The molecular weight excluding hydrogens is 401 g/mol. The van der Waals surface area contributed by atoms with Crippen molar-refractivity contribution in [2.45, 2.75) is 20.3 Å². The molecular formula is C23H26FN3O2S. The summed E-state index contributed by atoms with van der Waals surface area (Å²) in [5, 5.41) is 0.686. The molecule has 3 aromatic rings. The molecule has 0 atom stereocenters. The monoisotopic (exact) mass is 427 g/mol. The molecule has 0 unspecified atom stereocenters. The number of halogens is 1. The zero-order valence-electron chi connectivity index (χ0n) is 17.4. The van der Waals surface area contributed by atoms with Crippen molar-refractivity contribution in [2.75, 3.05) is 44.3 Å². The highest BCUT2D eigenvalue weighted by Gasteiger charge is 2.22. The number of carbonyl (C=O) groups excluding carboxylic acids is 1. The van der Waals surface area contributed by atoms with E-state index in [1.165, 1.54) is 46.7 Å². The first-order valence-electron chi connectivity index (χ1n) is 10.3. The lowest BCUT2D eigenvalue weighted by molar-refractivity contribution is 0.0376. The Balaban J connectivity index is 1.58. The number of nitrogens with zero attached hydrogens (tertiary/aromatic N) is 3. The van der Waals surface area contributed by atoms with Crippen molar-refractivity contribution < 1.29 is 13.9 Å². The van der Waals surface area contributed by atoms with E-state index in [0.29, 0.717) is 17.2 Å². The summed E-state index contributed by atoms with van der Waals surface area (Å²) in [6, 6.07) is 9.91. The molecule has 5 nitrogen and oxygen atoms in total. The number of aromatic nitrogens is 1. The van der Waals surface area contributed by atoms with E-state index in [-0.39, 0.29) is 11.7 Å². The summed E-state index contributed by atoms with van der Waals surface area (Å²) >= 11 is 1.53. The number of fused-ring (bicyclic) bond motifs is 1. The third-order valence-electron chi connectivity index (χ3n) is 5.52. The van der Waals surface area contributed by atoms with Gasteiger partial charge in [0.25, 0.3) is 5.91 Å². The van der Waals surface area contributed by atoms with Crippen LogP contribution in [0.15, 0.2) is 36.4 Å². The van der Waals surface area contributed by atoms with Gasteiger partial charge in [0.2, 0.25) is 0 Å². The van der Waals surface area contributed by atoms with Gasteiger partial charge >= 0.3 is 0 Å². The number of anilines is 1. The Morgan fingerprint density at radius 1 is 1.17 bits per heavy atom. The minimum Gasteiger partial charge on any atom is -0.379 e. The summed E-state index contributed by atoms with van der Waals surface area (Å²) in [5.41, 5.74) is 3.77. The first-order chi connectivity index (χ1) is 14.5. The lowest BCUT2D eigenvalue weighted by atomic mass is 10.1. The van der Waals surface area contributed by atoms with E-state index in [4.69, 9.17) is 9.72 Å². The maximum atomic E-state index is 13.3. The van der Waals surface area contributed by atoms with Crippen LogP contribution in [0, 0.1) is 19.7 Å². The summed E-state index contributed by atoms with van der Waals surface area (Å²) < 4.78 is 19.8. The Labute approximate surface area is 180 Å². The second-order valence-corrected chi connectivity index (χ2v) is 8.68. The predicted octanol–water partition coefficient (Wildman–Crippen LogP) is 4.42. The highest BCUT2D eigenvalue weighted by atomic mass is 32.1. The lowest BCUT2D eigenvalue weighted by Crippen LogP contribution is -2.39. The topological polar surface area (TPSA) is 45.7 Å². The molecule has 1 aromatic heterocycles. The van der Waals surface area contributed by atoms with Gasteiger partial charge in [-0.05, 0) is 67.8 Å². The Morgan fingerprint density at radius 3 is 2.60 bits per heavy atom. The van der Waals surface area contributed by atoms with E-state index < -0.39 is 0 Å². The Hall–Kier alpha value is -2.35. The minimum absolute atomic E-state index is 0.149. The average molecular weight is 428 g/mol. The zero-order valence-corrected chi connectivity index (χ0v) is 18.2. The van der Waals surface area contributed by atoms with Gasteiger partial charge in [0, 0.05) is 31.7 Å². The van der Waals surface area contributed by atoms with Crippen LogP contribution in [0.5, 0.6) is 0 Å². The van der Waals surface area contributed by atoms with Crippen LogP contribution in [0.3, 0.4) is 0 Å². The van der Waals surface area contributed by atoms with E-state index in [2.05, 4.69) is 30.9 Å². The van der Waals surface area contributed by atoms with Crippen molar-refractivity contribution in [3.8, 4) is 0 Å². The van der Waals surface area contributed by atoms with Crippen LogP contribution in [0.1, 0.15) is 27.9 Å². The Kier molecular flexibility index (Phi) is 6.41. The average Bonchev–Trinajstić information content (AvgIpc) is 3.14. The van der Waals surface area contributed by atoms with E-state index in [1.54, 1.807) is 4.90 Å². The number of hydrogen-bond acceptors (Lipinski definition) is 5. The second kappa shape index (κ2) is 9.20. The normalized spacial score (nSPS) is 14.9. The van der Waals surface area contributed by atoms with Gasteiger partial charge in [-0.15, -0.1) is 0 Å². The first-order valence-corrected chi connectivity index (χ1v) is 11.1. The largest absolute Gasteiger partial charge is 0.379 e. The number of amides is 1. The first kappa shape index (κ1) is 20.9. The molecule has 0 aliphatic carbocycles. The van der Waals surface area contributed by atoms with Crippen LogP contribution in [-0.4, -0.2) is 55.2 Å². The summed E-state index contributed by atoms with van der Waals surface area (Å²) in [7, 11) is 0. The molecule has 4 rings (SSSR count). The predicted molar refractivity (Wildman–Crippen MR) is 119 cm³/mol. The maximum absolute atomic E-state index is 13.3. The molecule has 2 aromatic carbocycles. The van der Waals surface area contributed by atoms with E-state index >= 15 is 0 Å².